The maximum absolute atomic E-state index is 14.1. The molecule has 0 aliphatic heterocycles. The number of carbonyl (C=O) groups excluding carboxylic acids is 1. The average molecular weight is 402 g/mol. The lowest BCUT2D eigenvalue weighted by atomic mass is 9.74. The minimum Gasteiger partial charge on any atom is -0.379 e. The molecule has 0 aromatic heterocycles. The van der Waals surface area contributed by atoms with E-state index in [0.29, 0.717) is 16.7 Å². The van der Waals surface area contributed by atoms with Crippen LogP contribution in [0.2, 0.25) is 0 Å². The molecule has 31 heavy (non-hydrogen) atoms. The van der Waals surface area contributed by atoms with Crippen molar-refractivity contribution in [2.45, 2.75) is 11.5 Å². The SMILES string of the molecule is O=C1C(c2ccccc2)=C(c2ccccc2)[C@@](O)(c2ccccc2)[C@@H]1c1ccccc1. The minimum absolute atomic E-state index is 0.0670. The second-order valence-electron chi connectivity index (χ2n) is 7.82. The van der Waals surface area contributed by atoms with E-state index in [1.54, 1.807) is 0 Å². The number of allylic oxidation sites excluding steroid dienone is 1. The van der Waals surface area contributed by atoms with Crippen molar-refractivity contribution in [3.63, 3.8) is 0 Å². The van der Waals surface area contributed by atoms with Crippen LogP contribution in [0.4, 0.5) is 0 Å². The van der Waals surface area contributed by atoms with Crippen molar-refractivity contribution >= 4 is 16.9 Å². The van der Waals surface area contributed by atoms with E-state index in [-0.39, 0.29) is 5.78 Å². The molecular weight excluding hydrogens is 380 g/mol. The van der Waals surface area contributed by atoms with Crippen molar-refractivity contribution in [1.29, 1.82) is 0 Å². The Hall–Kier alpha value is -3.75. The van der Waals surface area contributed by atoms with Gasteiger partial charge in [-0.25, -0.2) is 0 Å². The van der Waals surface area contributed by atoms with Crippen LogP contribution in [0.5, 0.6) is 0 Å². The molecule has 0 fully saturated rings. The third-order valence-corrected chi connectivity index (χ3v) is 6.03. The van der Waals surface area contributed by atoms with E-state index >= 15 is 0 Å². The summed E-state index contributed by atoms with van der Waals surface area (Å²) in [7, 11) is 0. The van der Waals surface area contributed by atoms with E-state index in [9.17, 15) is 9.90 Å². The predicted molar refractivity (Wildman–Crippen MR) is 124 cm³/mol. The standard InChI is InChI=1S/C29H22O2/c30-28-25(21-13-5-1-6-14-21)26(22-15-7-2-8-16-22)29(31,24-19-11-4-12-20-24)27(28)23-17-9-3-10-18-23/h1-20,27,31H/t27-,29+/m1/s1. The van der Waals surface area contributed by atoms with Gasteiger partial charge in [-0.05, 0) is 22.3 Å². The van der Waals surface area contributed by atoms with Crippen molar-refractivity contribution in [3.05, 3.63) is 144 Å². The molecule has 0 radical (unpaired) electrons. The highest BCUT2D eigenvalue weighted by molar-refractivity contribution is 6.35. The topological polar surface area (TPSA) is 37.3 Å². The highest BCUT2D eigenvalue weighted by Gasteiger charge is 2.54. The highest BCUT2D eigenvalue weighted by Crippen LogP contribution is 2.56. The van der Waals surface area contributed by atoms with E-state index in [0.717, 1.165) is 16.7 Å². The Morgan fingerprint density at radius 2 is 1.03 bits per heavy atom. The molecule has 1 N–H and O–H groups in total. The molecule has 0 saturated heterocycles. The highest BCUT2D eigenvalue weighted by atomic mass is 16.3. The number of Topliss-reactive ketones (excluding diaryl/α,β-unsaturated/α-hetero) is 1. The quantitative estimate of drug-likeness (QED) is 0.465. The van der Waals surface area contributed by atoms with Crippen LogP contribution in [0.25, 0.3) is 11.1 Å². The second kappa shape index (κ2) is 7.82. The van der Waals surface area contributed by atoms with Crippen LogP contribution in [0.1, 0.15) is 28.2 Å². The summed E-state index contributed by atoms with van der Waals surface area (Å²) < 4.78 is 0. The summed E-state index contributed by atoms with van der Waals surface area (Å²) in [4.78, 5) is 14.1. The largest absolute Gasteiger partial charge is 0.379 e. The number of carbonyl (C=O) groups is 1. The zero-order chi connectivity index (χ0) is 21.3. The monoisotopic (exact) mass is 402 g/mol. The summed E-state index contributed by atoms with van der Waals surface area (Å²) in [6.07, 6.45) is 0. The third kappa shape index (κ3) is 3.13. The first-order chi connectivity index (χ1) is 15.2. The fourth-order valence-electron chi connectivity index (χ4n) is 4.69. The number of aliphatic hydroxyl groups is 1. The fraction of sp³-hybridized carbons (Fsp3) is 0.0690. The Morgan fingerprint density at radius 1 is 0.581 bits per heavy atom. The van der Waals surface area contributed by atoms with E-state index in [1.807, 2.05) is 121 Å². The van der Waals surface area contributed by atoms with Crippen LogP contribution in [-0.4, -0.2) is 10.9 Å². The fourth-order valence-corrected chi connectivity index (χ4v) is 4.69. The van der Waals surface area contributed by atoms with Crippen molar-refractivity contribution in [2.75, 3.05) is 0 Å². The van der Waals surface area contributed by atoms with Crippen molar-refractivity contribution in [2.24, 2.45) is 0 Å². The Morgan fingerprint density at radius 3 is 1.58 bits per heavy atom. The maximum Gasteiger partial charge on any atom is 0.174 e. The summed E-state index contributed by atoms with van der Waals surface area (Å²) in [5.74, 6) is -0.802. The molecule has 0 heterocycles. The maximum atomic E-state index is 14.1. The zero-order valence-electron chi connectivity index (χ0n) is 17.0. The van der Waals surface area contributed by atoms with Crippen molar-refractivity contribution in [1.82, 2.24) is 0 Å². The average Bonchev–Trinajstić information content (AvgIpc) is 3.09. The van der Waals surface area contributed by atoms with Gasteiger partial charge in [0, 0.05) is 11.1 Å². The number of hydrogen-bond acceptors (Lipinski definition) is 2. The predicted octanol–water partition coefficient (Wildman–Crippen LogP) is 5.85. The van der Waals surface area contributed by atoms with Crippen LogP contribution < -0.4 is 0 Å². The first kappa shape index (κ1) is 19.2. The smallest absolute Gasteiger partial charge is 0.174 e. The van der Waals surface area contributed by atoms with Crippen molar-refractivity contribution < 1.29 is 9.90 Å². The van der Waals surface area contributed by atoms with Gasteiger partial charge in [-0.3, -0.25) is 4.79 Å². The summed E-state index contributed by atoms with van der Waals surface area (Å²) in [6.45, 7) is 0. The van der Waals surface area contributed by atoms with E-state index in [2.05, 4.69) is 0 Å². The summed E-state index contributed by atoms with van der Waals surface area (Å²) in [5, 5.41) is 12.5. The molecule has 4 aromatic carbocycles. The first-order valence-corrected chi connectivity index (χ1v) is 10.4. The Kier molecular flexibility index (Phi) is 4.85. The van der Waals surface area contributed by atoms with Gasteiger partial charge in [0.05, 0.1) is 5.92 Å². The van der Waals surface area contributed by atoms with Gasteiger partial charge in [0.25, 0.3) is 0 Å². The van der Waals surface area contributed by atoms with Crippen LogP contribution in [0.15, 0.2) is 121 Å². The van der Waals surface area contributed by atoms with Gasteiger partial charge >= 0.3 is 0 Å². The Labute approximate surface area is 182 Å². The van der Waals surface area contributed by atoms with Crippen LogP contribution in [0.3, 0.4) is 0 Å². The molecule has 0 bridgehead atoms. The molecule has 1 aliphatic rings. The molecule has 2 heteroatoms. The van der Waals surface area contributed by atoms with Crippen LogP contribution >= 0.6 is 0 Å². The van der Waals surface area contributed by atoms with Crippen LogP contribution in [0, 0.1) is 0 Å². The van der Waals surface area contributed by atoms with Gasteiger partial charge in [0.1, 0.15) is 5.60 Å². The lowest BCUT2D eigenvalue weighted by molar-refractivity contribution is -0.118. The van der Waals surface area contributed by atoms with Gasteiger partial charge in [-0.2, -0.15) is 0 Å². The summed E-state index contributed by atoms with van der Waals surface area (Å²) in [5.41, 5.74) is 2.92. The summed E-state index contributed by atoms with van der Waals surface area (Å²) in [6, 6.07) is 38.6. The molecule has 150 valence electrons. The molecule has 0 amide bonds. The minimum atomic E-state index is -1.49. The zero-order valence-corrected chi connectivity index (χ0v) is 17.0. The Bertz CT molecular complexity index is 1230. The molecule has 0 spiro atoms. The molecule has 0 unspecified atom stereocenters. The lowest BCUT2D eigenvalue weighted by Crippen LogP contribution is -2.34. The van der Waals surface area contributed by atoms with Gasteiger partial charge in [-0.1, -0.05) is 121 Å². The first-order valence-electron chi connectivity index (χ1n) is 10.4. The number of hydrogen-bond donors (Lipinski definition) is 1. The number of benzene rings is 4. The van der Waals surface area contributed by atoms with Crippen LogP contribution in [-0.2, 0) is 10.4 Å². The number of ketones is 1. The molecule has 0 saturated carbocycles. The molecule has 4 aromatic rings. The Balaban J connectivity index is 1.87. The normalized spacial score (nSPS) is 20.8. The van der Waals surface area contributed by atoms with Gasteiger partial charge in [0.15, 0.2) is 5.78 Å². The summed E-state index contributed by atoms with van der Waals surface area (Å²) >= 11 is 0. The molecule has 5 rings (SSSR count). The molecular formula is C29H22O2. The molecule has 2 atom stereocenters. The lowest BCUT2D eigenvalue weighted by Gasteiger charge is -2.33. The molecule has 2 nitrogen and oxygen atoms in total. The molecule has 1 aliphatic carbocycles. The second-order valence-corrected chi connectivity index (χ2v) is 7.82. The van der Waals surface area contributed by atoms with Gasteiger partial charge in [-0.15, -0.1) is 0 Å². The van der Waals surface area contributed by atoms with E-state index < -0.39 is 11.5 Å². The van der Waals surface area contributed by atoms with E-state index in [4.69, 9.17) is 0 Å². The third-order valence-electron chi connectivity index (χ3n) is 6.03. The van der Waals surface area contributed by atoms with Crippen molar-refractivity contribution in [3.8, 4) is 0 Å². The van der Waals surface area contributed by atoms with Gasteiger partial charge < -0.3 is 5.11 Å². The number of rotatable bonds is 4. The van der Waals surface area contributed by atoms with Gasteiger partial charge in [0.2, 0.25) is 0 Å². The van der Waals surface area contributed by atoms with E-state index in [1.165, 1.54) is 0 Å².